The van der Waals surface area contributed by atoms with E-state index in [2.05, 4.69) is 48.7 Å². The molecule has 0 spiro atoms. The minimum atomic E-state index is 0.631. The first-order chi connectivity index (χ1) is 11.3. The lowest BCUT2D eigenvalue weighted by Crippen LogP contribution is -1.89. The number of hydrogen-bond acceptors (Lipinski definition) is 1. The Morgan fingerprint density at radius 3 is 2.35 bits per heavy atom. The highest BCUT2D eigenvalue weighted by molar-refractivity contribution is 5.77. The van der Waals surface area contributed by atoms with Crippen LogP contribution in [-0.2, 0) is 0 Å². The largest absolute Gasteiger partial charge is 0.497 e. The summed E-state index contributed by atoms with van der Waals surface area (Å²) in [5, 5.41) is 0. The summed E-state index contributed by atoms with van der Waals surface area (Å²) in [5.74, 6) is 1.52. The van der Waals surface area contributed by atoms with E-state index in [1.807, 2.05) is 24.3 Å². The number of ether oxygens (including phenoxy) is 1. The van der Waals surface area contributed by atoms with Gasteiger partial charge in [0.25, 0.3) is 0 Å². The zero-order valence-corrected chi connectivity index (χ0v) is 13.6. The fourth-order valence-corrected chi connectivity index (χ4v) is 2.74. The van der Waals surface area contributed by atoms with Gasteiger partial charge in [-0.2, -0.15) is 0 Å². The van der Waals surface area contributed by atoms with Crippen molar-refractivity contribution >= 4 is 11.1 Å². The van der Waals surface area contributed by atoms with Crippen LogP contribution in [0.2, 0.25) is 0 Å². The van der Waals surface area contributed by atoms with Crippen molar-refractivity contribution in [2.75, 3.05) is 7.11 Å². The molecular weight excluding hydrogens is 280 g/mol. The Morgan fingerprint density at radius 2 is 1.78 bits per heavy atom. The highest BCUT2D eigenvalue weighted by Crippen LogP contribution is 2.42. The van der Waals surface area contributed by atoms with Gasteiger partial charge in [0.05, 0.1) is 7.11 Å². The molecular formula is C22H22O. The monoisotopic (exact) mass is 302 g/mol. The molecule has 0 aliphatic heterocycles. The van der Waals surface area contributed by atoms with Gasteiger partial charge in [-0.05, 0) is 48.4 Å². The molecule has 0 amide bonds. The van der Waals surface area contributed by atoms with Crippen LogP contribution in [0.3, 0.4) is 0 Å². The van der Waals surface area contributed by atoms with Gasteiger partial charge in [0.2, 0.25) is 0 Å². The number of hydrogen-bond donors (Lipinski definition) is 0. The van der Waals surface area contributed by atoms with Crippen LogP contribution < -0.4 is 4.74 Å². The molecule has 0 heterocycles. The summed E-state index contributed by atoms with van der Waals surface area (Å²) in [7, 11) is 1.70. The number of methoxy groups -OCH3 is 1. The van der Waals surface area contributed by atoms with Gasteiger partial charge in [0.1, 0.15) is 5.75 Å². The maximum absolute atomic E-state index is 5.27. The van der Waals surface area contributed by atoms with Gasteiger partial charge in [0.15, 0.2) is 0 Å². The van der Waals surface area contributed by atoms with Crippen LogP contribution in [0.4, 0.5) is 0 Å². The van der Waals surface area contributed by atoms with Crippen LogP contribution in [0.15, 0.2) is 73.0 Å². The van der Waals surface area contributed by atoms with E-state index in [0.29, 0.717) is 5.92 Å². The molecule has 0 N–H and O–H groups in total. The van der Waals surface area contributed by atoms with E-state index in [-0.39, 0.29) is 0 Å². The Balaban J connectivity index is 2.09. The fourth-order valence-electron chi connectivity index (χ4n) is 2.74. The van der Waals surface area contributed by atoms with Gasteiger partial charge in [-0.1, -0.05) is 48.5 Å². The summed E-state index contributed by atoms with van der Waals surface area (Å²) < 4.78 is 5.27. The fraction of sp³-hybridized carbons (Fsp3) is 0.227. The smallest absolute Gasteiger partial charge is 0.118 e. The van der Waals surface area contributed by atoms with Crippen molar-refractivity contribution in [3.63, 3.8) is 0 Å². The zero-order valence-electron chi connectivity index (χ0n) is 13.6. The lowest BCUT2D eigenvalue weighted by atomic mass is 9.97. The summed E-state index contributed by atoms with van der Waals surface area (Å²) >= 11 is 0. The molecule has 0 unspecified atom stereocenters. The van der Waals surface area contributed by atoms with Crippen molar-refractivity contribution in [1.29, 1.82) is 0 Å². The van der Waals surface area contributed by atoms with E-state index >= 15 is 0 Å². The van der Waals surface area contributed by atoms with E-state index in [9.17, 15) is 0 Å². The average molecular weight is 302 g/mol. The topological polar surface area (TPSA) is 9.23 Å². The van der Waals surface area contributed by atoms with Gasteiger partial charge >= 0.3 is 0 Å². The molecule has 1 nitrogen and oxygen atoms in total. The average Bonchev–Trinajstić information content (AvgIpc) is 3.44. The van der Waals surface area contributed by atoms with Crippen LogP contribution in [0, 0.1) is 5.92 Å². The maximum atomic E-state index is 5.27. The predicted molar refractivity (Wildman–Crippen MR) is 97.3 cm³/mol. The van der Waals surface area contributed by atoms with Crippen LogP contribution in [0.5, 0.6) is 5.75 Å². The Morgan fingerprint density at radius 1 is 1.09 bits per heavy atom. The van der Waals surface area contributed by atoms with E-state index in [4.69, 9.17) is 4.74 Å². The molecule has 0 aromatic heterocycles. The molecule has 23 heavy (non-hydrogen) atoms. The van der Waals surface area contributed by atoms with Crippen molar-refractivity contribution in [1.82, 2.24) is 0 Å². The summed E-state index contributed by atoms with van der Waals surface area (Å²) in [5.41, 5.74) is 8.69. The molecule has 0 radical (unpaired) electrons. The summed E-state index contributed by atoms with van der Waals surface area (Å²) in [6, 6.07) is 18.8. The summed E-state index contributed by atoms with van der Waals surface area (Å²) in [4.78, 5) is 0. The van der Waals surface area contributed by atoms with E-state index < -0.39 is 0 Å². The van der Waals surface area contributed by atoms with E-state index in [0.717, 1.165) is 12.2 Å². The Labute approximate surface area is 138 Å². The van der Waals surface area contributed by atoms with Crippen molar-refractivity contribution in [2.45, 2.75) is 19.3 Å². The van der Waals surface area contributed by atoms with Gasteiger partial charge in [0, 0.05) is 11.1 Å². The molecule has 0 saturated heterocycles. The summed E-state index contributed by atoms with van der Waals surface area (Å²) in [6.45, 7) is 3.90. The third kappa shape index (κ3) is 3.83. The van der Waals surface area contributed by atoms with Gasteiger partial charge < -0.3 is 4.74 Å². The van der Waals surface area contributed by atoms with Crippen LogP contribution in [0.1, 0.15) is 30.4 Å². The lowest BCUT2D eigenvalue weighted by Gasteiger charge is -2.07. The number of allylic oxidation sites excluding steroid dienone is 2. The zero-order chi connectivity index (χ0) is 16.1. The molecule has 3 rings (SSSR count). The van der Waals surface area contributed by atoms with Crippen molar-refractivity contribution in [2.24, 2.45) is 5.92 Å². The van der Waals surface area contributed by atoms with E-state index in [1.54, 1.807) is 7.11 Å². The summed E-state index contributed by atoms with van der Waals surface area (Å²) in [6.07, 6.45) is 5.29. The van der Waals surface area contributed by atoms with E-state index in [1.165, 1.54) is 35.1 Å². The second-order valence-corrected chi connectivity index (χ2v) is 5.88. The minimum absolute atomic E-state index is 0.631. The van der Waals surface area contributed by atoms with Crippen molar-refractivity contribution < 1.29 is 4.74 Å². The van der Waals surface area contributed by atoms with Gasteiger partial charge in [-0.25, -0.2) is 0 Å². The molecule has 1 aliphatic rings. The van der Waals surface area contributed by atoms with Crippen LogP contribution in [-0.4, -0.2) is 7.11 Å². The SMILES string of the molecule is C=CCC(=C=C(c1ccc(OC)cc1)C1CC1)c1ccccc1. The normalized spacial score (nSPS) is 13.1. The second kappa shape index (κ2) is 7.17. The Bertz CT molecular complexity index is 727. The minimum Gasteiger partial charge on any atom is -0.497 e. The second-order valence-electron chi connectivity index (χ2n) is 5.88. The molecule has 0 atom stereocenters. The lowest BCUT2D eigenvalue weighted by molar-refractivity contribution is 0.415. The molecule has 2 aromatic rings. The predicted octanol–water partition coefficient (Wildman–Crippen LogP) is 5.75. The molecule has 1 saturated carbocycles. The molecule has 1 fully saturated rings. The third-order valence-electron chi connectivity index (χ3n) is 4.14. The maximum Gasteiger partial charge on any atom is 0.118 e. The van der Waals surface area contributed by atoms with Gasteiger partial charge in [-0.3, -0.25) is 0 Å². The number of rotatable bonds is 6. The van der Waals surface area contributed by atoms with Crippen LogP contribution in [0.25, 0.3) is 11.1 Å². The Kier molecular flexibility index (Phi) is 4.80. The molecule has 116 valence electrons. The first kappa shape index (κ1) is 15.4. The molecule has 2 aromatic carbocycles. The highest BCUT2D eigenvalue weighted by atomic mass is 16.5. The molecule has 0 bridgehead atoms. The standard InChI is InChI=1S/C22H22O/c1-3-7-20(17-8-5-4-6-9-17)16-22(18-10-11-18)19-12-14-21(23-2)15-13-19/h3-6,8-9,12-15,18H,1,7,10-11H2,2H3. The quantitative estimate of drug-likeness (QED) is 0.488. The van der Waals surface area contributed by atoms with Gasteiger partial charge in [-0.15, -0.1) is 12.3 Å². The molecule has 1 heteroatoms. The van der Waals surface area contributed by atoms with Crippen molar-refractivity contribution in [3.05, 3.63) is 84.1 Å². The van der Waals surface area contributed by atoms with Crippen molar-refractivity contribution in [3.8, 4) is 5.75 Å². The first-order valence-electron chi connectivity index (χ1n) is 8.12. The molecule has 1 aliphatic carbocycles. The third-order valence-corrected chi connectivity index (χ3v) is 4.14. The number of benzene rings is 2. The Hall–Kier alpha value is -2.50. The first-order valence-corrected chi connectivity index (χ1v) is 8.12. The highest BCUT2D eigenvalue weighted by Gasteiger charge is 2.27. The van der Waals surface area contributed by atoms with Crippen LogP contribution >= 0.6 is 0 Å².